The third-order valence-corrected chi connectivity index (χ3v) is 2.34. The number of aliphatic carboxylic acids is 1. The van der Waals surface area contributed by atoms with Crippen molar-refractivity contribution in [2.24, 2.45) is 11.3 Å². The molecule has 1 N–H and O–H groups in total. The number of carboxylic acid groups (broad SMARTS) is 1. The number of carbonyl (C=O) groups is 2. The van der Waals surface area contributed by atoms with Crippen molar-refractivity contribution in [2.45, 2.75) is 19.8 Å². The highest BCUT2D eigenvalue weighted by atomic mass is 19.3. The van der Waals surface area contributed by atoms with E-state index in [2.05, 4.69) is 4.74 Å². The molecule has 0 heterocycles. The zero-order chi connectivity index (χ0) is 10.9. The second-order valence-electron chi connectivity index (χ2n) is 3.14. The van der Waals surface area contributed by atoms with Gasteiger partial charge in [-0.15, -0.1) is 0 Å². The zero-order valence-electron chi connectivity index (χ0n) is 7.50. The van der Waals surface area contributed by atoms with Gasteiger partial charge in [0.15, 0.2) is 5.41 Å². The fraction of sp³-hybridized carbons (Fsp3) is 0.750. The first-order valence-corrected chi connectivity index (χ1v) is 4.15. The van der Waals surface area contributed by atoms with Gasteiger partial charge in [-0.1, -0.05) is 0 Å². The molecule has 1 aliphatic rings. The SMILES string of the molecule is CCOC(=O)C1(C(=O)O)C[C@H]1C(F)F. The van der Waals surface area contributed by atoms with Crippen LogP contribution in [0, 0.1) is 11.3 Å². The second-order valence-corrected chi connectivity index (χ2v) is 3.14. The van der Waals surface area contributed by atoms with Crippen molar-refractivity contribution in [2.75, 3.05) is 6.61 Å². The van der Waals surface area contributed by atoms with Gasteiger partial charge in [0, 0.05) is 5.92 Å². The van der Waals surface area contributed by atoms with E-state index in [4.69, 9.17) is 5.11 Å². The molecule has 0 amide bonds. The van der Waals surface area contributed by atoms with Crippen molar-refractivity contribution in [1.82, 2.24) is 0 Å². The first-order valence-electron chi connectivity index (χ1n) is 4.15. The summed E-state index contributed by atoms with van der Waals surface area (Å²) in [5.74, 6) is -3.99. The number of hydrogen-bond acceptors (Lipinski definition) is 3. The van der Waals surface area contributed by atoms with Crippen LogP contribution in [0.25, 0.3) is 0 Å². The molecule has 6 heteroatoms. The molecule has 0 bridgehead atoms. The van der Waals surface area contributed by atoms with Crippen LogP contribution in [0.15, 0.2) is 0 Å². The number of halogens is 2. The Kier molecular flexibility index (Phi) is 2.73. The van der Waals surface area contributed by atoms with Gasteiger partial charge in [-0.2, -0.15) is 0 Å². The normalized spacial score (nSPS) is 30.1. The lowest BCUT2D eigenvalue weighted by Crippen LogP contribution is -2.31. The molecular weight excluding hydrogens is 198 g/mol. The Bertz CT molecular complexity index is 266. The summed E-state index contributed by atoms with van der Waals surface area (Å²) in [4.78, 5) is 21.8. The summed E-state index contributed by atoms with van der Waals surface area (Å²) in [5, 5.41) is 8.69. The summed E-state index contributed by atoms with van der Waals surface area (Å²) in [6.45, 7) is 1.48. The molecule has 0 aromatic carbocycles. The van der Waals surface area contributed by atoms with E-state index in [9.17, 15) is 18.4 Å². The predicted octanol–water partition coefficient (Wildman–Crippen LogP) is 0.905. The fourth-order valence-corrected chi connectivity index (χ4v) is 1.42. The monoisotopic (exact) mass is 208 g/mol. The highest BCUT2D eigenvalue weighted by Crippen LogP contribution is 2.56. The number of rotatable bonds is 4. The van der Waals surface area contributed by atoms with Crippen molar-refractivity contribution >= 4 is 11.9 Å². The van der Waals surface area contributed by atoms with E-state index in [1.165, 1.54) is 6.92 Å². The van der Waals surface area contributed by atoms with Crippen LogP contribution < -0.4 is 0 Å². The van der Waals surface area contributed by atoms with Gasteiger partial charge in [-0.05, 0) is 13.3 Å². The van der Waals surface area contributed by atoms with Crippen molar-refractivity contribution in [3.05, 3.63) is 0 Å². The summed E-state index contributed by atoms with van der Waals surface area (Å²) in [7, 11) is 0. The molecule has 1 saturated carbocycles. The number of carboxylic acids is 1. The molecule has 0 radical (unpaired) electrons. The molecule has 14 heavy (non-hydrogen) atoms. The summed E-state index contributed by atoms with van der Waals surface area (Å²) in [5.41, 5.74) is -2.00. The first-order chi connectivity index (χ1) is 6.46. The predicted molar refractivity (Wildman–Crippen MR) is 40.8 cm³/mol. The number of alkyl halides is 2. The highest BCUT2D eigenvalue weighted by molar-refractivity contribution is 6.03. The van der Waals surface area contributed by atoms with E-state index in [0.29, 0.717) is 0 Å². The van der Waals surface area contributed by atoms with Crippen molar-refractivity contribution in [3.8, 4) is 0 Å². The van der Waals surface area contributed by atoms with E-state index >= 15 is 0 Å². The van der Waals surface area contributed by atoms with E-state index in [1.807, 2.05) is 0 Å². The number of ether oxygens (including phenoxy) is 1. The van der Waals surface area contributed by atoms with Crippen molar-refractivity contribution in [1.29, 1.82) is 0 Å². The maximum Gasteiger partial charge on any atom is 0.323 e. The van der Waals surface area contributed by atoms with E-state index in [-0.39, 0.29) is 13.0 Å². The summed E-state index contributed by atoms with van der Waals surface area (Å²) >= 11 is 0. The van der Waals surface area contributed by atoms with Gasteiger partial charge in [0.1, 0.15) is 0 Å². The average Bonchev–Trinajstić information content (AvgIpc) is 2.79. The Morgan fingerprint density at radius 3 is 2.50 bits per heavy atom. The molecule has 0 aromatic rings. The van der Waals surface area contributed by atoms with Crippen LogP contribution in [-0.2, 0) is 14.3 Å². The molecule has 0 aliphatic heterocycles. The molecule has 2 atom stereocenters. The van der Waals surface area contributed by atoms with Gasteiger partial charge >= 0.3 is 11.9 Å². The Labute approximate surface area is 78.8 Å². The molecule has 80 valence electrons. The summed E-state index contributed by atoms with van der Waals surface area (Å²) < 4.78 is 28.9. The third-order valence-electron chi connectivity index (χ3n) is 2.34. The molecule has 1 unspecified atom stereocenters. The molecule has 0 aromatic heterocycles. The molecular formula is C8H10F2O4. The van der Waals surface area contributed by atoms with Crippen LogP contribution in [0.5, 0.6) is 0 Å². The fourth-order valence-electron chi connectivity index (χ4n) is 1.42. The van der Waals surface area contributed by atoms with Gasteiger partial charge in [0.05, 0.1) is 6.61 Å². The van der Waals surface area contributed by atoms with Crippen LogP contribution in [0.1, 0.15) is 13.3 Å². The van der Waals surface area contributed by atoms with Crippen LogP contribution in [-0.4, -0.2) is 30.1 Å². The highest BCUT2D eigenvalue weighted by Gasteiger charge is 2.71. The minimum absolute atomic E-state index is 0.0101. The minimum atomic E-state index is -2.80. The van der Waals surface area contributed by atoms with Gasteiger partial charge in [-0.25, -0.2) is 8.78 Å². The second kappa shape index (κ2) is 3.51. The Morgan fingerprint density at radius 1 is 1.64 bits per heavy atom. The minimum Gasteiger partial charge on any atom is -0.480 e. The standard InChI is InChI=1S/C8H10F2O4/c1-2-14-7(13)8(6(11)12)3-4(8)5(9)10/h4-5H,2-3H2,1H3,(H,11,12)/t4-,8?/m0/s1. The van der Waals surface area contributed by atoms with E-state index < -0.39 is 29.7 Å². The number of hydrogen-bond donors (Lipinski definition) is 1. The Morgan fingerprint density at radius 2 is 2.21 bits per heavy atom. The van der Waals surface area contributed by atoms with Gasteiger partial charge in [0.25, 0.3) is 0 Å². The lowest BCUT2D eigenvalue weighted by molar-refractivity contribution is -0.162. The Hall–Kier alpha value is -1.20. The average molecular weight is 208 g/mol. The number of esters is 1. The largest absolute Gasteiger partial charge is 0.480 e. The third kappa shape index (κ3) is 1.44. The molecule has 1 rings (SSSR count). The lowest BCUT2D eigenvalue weighted by Gasteiger charge is -2.10. The van der Waals surface area contributed by atoms with Gasteiger partial charge in [-0.3, -0.25) is 9.59 Å². The first kappa shape index (κ1) is 10.9. The number of carbonyl (C=O) groups excluding carboxylic acids is 1. The van der Waals surface area contributed by atoms with Crippen LogP contribution in [0.4, 0.5) is 8.78 Å². The molecule has 1 fully saturated rings. The lowest BCUT2D eigenvalue weighted by atomic mass is 10.1. The molecule has 0 spiro atoms. The van der Waals surface area contributed by atoms with Crippen LogP contribution in [0.3, 0.4) is 0 Å². The van der Waals surface area contributed by atoms with Crippen LogP contribution in [0.2, 0.25) is 0 Å². The van der Waals surface area contributed by atoms with Gasteiger partial charge in [0.2, 0.25) is 6.43 Å². The van der Waals surface area contributed by atoms with Gasteiger partial charge < -0.3 is 9.84 Å². The quantitative estimate of drug-likeness (QED) is 0.550. The smallest absolute Gasteiger partial charge is 0.323 e. The molecule has 4 nitrogen and oxygen atoms in total. The van der Waals surface area contributed by atoms with E-state index in [0.717, 1.165) is 0 Å². The van der Waals surface area contributed by atoms with Crippen molar-refractivity contribution < 1.29 is 28.2 Å². The molecule has 1 aliphatic carbocycles. The topological polar surface area (TPSA) is 63.6 Å². The molecule has 0 saturated heterocycles. The summed E-state index contributed by atoms with van der Waals surface area (Å²) in [6, 6.07) is 0. The zero-order valence-corrected chi connectivity index (χ0v) is 7.50. The maximum absolute atomic E-state index is 12.2. The maximum atomic E-state index is 12.2. The van der Waals surface area contributed by atoms with Crippen molar-refractivity contribution in [3.63, 3.8) is 0 Å². The van der Waals surface area contributed by atoms with Crippen LogP contribution >= 0.6 is 0 Å². The van der Waals surface area contributed by atoms with E-state index in [1.54, 1.807) is 0 Å². The Balaban J connectivity index is 2.78. The summed E-state index contributed by atoms with van der Waals surface area (Å²) in [6.07, 6.45) is -3.13.